The number of benzene rings is 1. The predicted molar refractivity (Wildman–Crippen MR) is 43.8 cm³/mol. The molecule has 0 atom stereocenters. The van der Waals surface area contributed by atoms with E-state index in [-0.39, 0.29) is 10.5 Å². The van der Waals surface area contributed by atoms with E-state index < -0.39 is 10.1 Å². The summed E-state index contributed by atoms with van der Waals surface area (Å²) in [6.07, 6.45) is 1.12. The standard InChI is InChI=1S/C7H5NO4S/c9-13(10,11)6-3-1-2-5-7(6)12-4-8-5/h1-4H,(H,9,10,11). The topological polar surface area (TPSA) is 80.4 Å². The van der Waals surface area contributed by atoms with E-state index in [1.807, 2.05) is 0 Å². The number of nitrogens with zero attached hydrogens (tertiary/aromatic N) is 1. The van der Waals surface area contributed by atoms with Gasteiger partial charge >= 0.3 is 0 Å². The van der Waals surface area contributed by atoms with Crippen LogP contribution in [0, 0.1) is 0 Å². The quantitative estimate of drug-likeness (QED) is 0.695. The Morgan fingerprint density at radius 1 is 1.38 bits per heavy atom. The highest BCUT2D eigenvalue weighted by atomic mass is 32.2. The molecule has 0 saturated heterocycles. The number of aromatic nitrogens is 1. The molecule has 0 fully saturated rings. The molecule has 5 nitrogen and oxygen atoms in total. The van der Waals surface area contributed by atoms with Crippen LogP contribution in [0.25, 0.3) is 11.1 Å². The van der Waals surface area contributed by atoms with Crippen molar-refractivity contribution >= 4 is 21.2 Å². The smallest absolute Gasteiger partial charge is 0.298 e. The molecule has 2 rings (SSSR count). The molecule has 13 heavy (non-hydrogen) atoms. The third-order valence-corrected chi connectivity index (χ3v) is 2.48. The van der Waals surface area contributed by atoms with Gasteiger partial charge in [0.2, 0.25) is 0 Å². The second kappa shape index (κ2) is 2.54. The highest BCUT2D eigenvalue weighted by Gasteiger charge is 2.16. The molecule has 0 saturated carbocycles. The third kappa shape index (κ3) is 1.30. The Labute approximate surface area is 73.8 Å². The monoisotopic (exact) mass is 199 g/mol. The van der Waals surface area contributed by atoms with Gasteiger partial charge in [0.15, 0.2) is 12.0 Å². The highest BCUT2D eigenvalue weighted by Crippen LogP contribution is 2.21. The summed E-state index contributed by atoms with van der Waals surface area (Å²) in [4.78, 5) is 3.49. The van der Waals surface area contributed by atoms with E-state index in [0.717, 1.165) is 6.39 Å². The van der Waals surface area contributed by atoms with Crippen molar-refractivity contribution in [3.05, 3.63) is 24.6 Å². The normalized spacial score (nSPS) is 12.1. The van der Waals surface area contributed by atoms with Gasteiger partial charge in [-0.3, -0.25) is 4.55 Å². The van der Waals surface area contributed by atoms with Crippen molar-refractivity contribution in [3.8, 4) is 0 Å². The lowest BCUT2D eigenvalue weighted by Crippen LogP contribution is -1.97. The van der Waals surface area contributed by atoms with E-state index in [1.165, 1.54) is 12.1 Å². The van der Waals surface area contributed by atoms with Crippen molar-refractivity contribution < 1.29 is 17.4 Å². The predicted octanol–water partition coefficient (Wildman–Crippen LogP) is 1.07. The zero-order valence-corrected chi connectivity index (χ0v) is 7.15. The molecule has 6 heteroatoms. The van der Waals surface area contributed by atoms with Gasteiger partial charge < -0.3 is 4.42 Å². The van der Waals surface area contributed by atoms with Crippen LogP contribution in [0.3, 0.4) is 0 Å². The van der Waals surface area contributed by atoms with E-state index in [2.05, 4.69) is 4.98 Å². The third-order valence-electron chi connectivity index (χ3n) is 1.60. The fraction of sp³-hybridized carbons (Fsp3) is 0. The van der Waals surface area contributed by atoms with Crippen molar-refractivity contribution in [2.24, 2.45) is 0 Å². The van der Waals surface area contributed by atoms with Gasteiger partial charge in [-0.2, -0.15) is 8.42 Å². The minimum absolute atomic E-state index is 0.0741. The first-order valence-electron chi connectivity index (χ1n) is 3.39. The first kappa shape index (κ1) is 8.21. The van der Waals surface area contributed by atoms with Gasteiger partial charge in [-0.1, -0.05) is 6.07 Å². The summed E-state index contributed by atoms with van der Waals surface area (Å²) < 4.78 is 35.2. The summed E-state index contributed by atoms with van der Waals surface area (Å²) in [5.74, 6) is 0. The van der Waals surface area contributed by atoms with E-state index in [4.69, 9.17) is 8.97 Å². The van der Waals surface area contributed by atoms with Crippen molar-refractivity contribution in [1.82, 2.24) is 4.98 Å². The molecule has 1 heterocycles. The van der Waals surface area contributed by atoms with Crippen LogP contribution in [0.1, 0.15) is 0 Å². The molecule has 1 N–H and O–H groups in total. The molecule has 0 spiro atoms. The van der Waals surface area contributed by atoms with Crippen LogP contribution in [-0.2, 0) is 10.1 Å². The summed E-state index contributed by atoms with van der Waals surface area (Å²) in [7, 11) is -4.23. The van der Waals surface area contributed by atoms with Crippen molar-refractivity contribution in [2.75, 3.05) is 0 Å². The Bertz CT molecular complexity index is 542. The Morgan fingerprint density at radius 3 is 2.85 bits per heavy atom. The Kier molecular flexibility index (Phi) is 1.61. The molecule has 1 aromatic carbocycles. The number of hydrogen-bond acceptors (Lipinski definition) is 4. The molecule has 2 aromatic rings. The van der Waals surface area contributed by atoms with Gasteiger partial charge in [0.05, 0.1) is 0 Å². The molecule has 0 bridgehead atoms. The summed E-state index contributed by atoms with van der Waals surface area (Å²) >= 11 is 0. The average Bonchev–Trinajstić information content (AvgIpc) is 2.48. The zero-order valence-electron chi connectivity index (χ0n) is 6.34. The highest BCUT2D eigenvalue weighted by molar-refractivity contribution is 7.86. The van der Waals surface area contributed by atoms with Crippen LogP contribution in [0.2, 0.25) is 0 Å². The maximum absolute atomic E-state index is 10.8. The maximum atomic E-state index is 10.8. The zero-order chi connectivity index (χ0) is 9.47. The van der Waals surface area contributed by atoms with Crippen LogP contribution in [-0.4, -0.2) is 18.0 Å². The number of oxazole rings is 1. The van der Waals surface area contributed by atoms with Crippen molar-refractivity contribution in [1.29, 1.82) is 0 Å². The fourth-order valence-electron chi connectivity index (χ4n) is 1.06. The Balaban J connectivity index is 2.91. The molecule has 0 aliphatic carbocycles. The molecular weight excluding hydrogens is 194 g/mol. The number of fused-ring (bicyclic) bond motifs is 1. The van der Waals surface area contributed by atoms with Gasteiger partial charge in [-0.25, -0.2) is 4.98 Å². The molecule has 0 amide bonds. The lowest BCUT2D eigenvalue weighted by molar-refractivity contribution is 0.481. The van der Waals surface area contributed by atoms with Crippen molar-refractivity contribution in [2.45, 2.75) is 4.90 Å². The van der Waals surface area contributed by atoms with E-state index >= 15 is 0 Å². The second-order valence-electron chi connectivity index (χ2n) is 2.43. The van der Waals surface area contributed by atoms with Crippen LogP contribution < -0.4 is 0 Å². The largest absolute Gasteiger partial charge is 0.442 e. The number of rotatable bonds is 1. The second-order valence-corrected chi connectivity index (χ2v) is 3.82. The summed E-state index contributed by atoms with van der Waals surface area (Å²) in [6.45, 7) is 0. The first-order valence-corrected chi connectivity index (χ1v) is 4.83. The van der Waals surface area contributed by atoms with Gasteiger partial charge in [-0.05, 0) is 12.1 Å². The molecule has 68 valence electrons. The minimum atomic E-state index is -4.23. The molecule has 1 aromatic heterocycles. The molecule has 0 radical (unpaired) electrons. The van der Waals surface area contributed by atoms with Crippen molar-refractivity contribution in [3.63, 3.8) is 0 Å². The van der Waals surface area contributed by atoms with Gasteiger partial charge in [0, 0.05) is 0 Å². The van der Waals surface area contributed by atoms with E-state index in [0.29, 0.717) is 5.52 Å². The number of hydrogen-bond donors (Lipinski definition) is 1. The van der Waals surface area contributed by atoms with E-state index in [1.54, 1.807) is 6.07 Å². The Hall–Kier alpha value is -1.40. The summed E-state index contributed by atoms with van der Waals surface area (Å²) in [5.41, 5.74) is 0.472. The van der Waals surface area contributed by atoms with Crippen LogP contribution in [0.4, 0.5) is 0 Å². The summed E-state index contributed by atoms with van der Waals surface area (Å²) in [6, 6.07) is 4.32. The van der Waals surface area contributed by atoms with Gasteiger partial charge in [0.1, 0.15) is 10.4 Å². The van der Waals surface area contributed by atoms with Gasteiger partial charge in [-0.15, -0.1) is 0 Å². The molecular formula is C7H5NO4S. The fourth-order valence-corrected chi connectivity index (χ4v) is 1.70. The van der Waals surface area contributed by atoms with Crippen LogP contribution in [0.5, 0.6) is 0 Å². The molecule has 0 aliphatic rings. The van der Waals surface area contributed by atoms with Crippen LogP contribution >= 0.6 is 0 Å². The molecule has 0 unspecified atom stereocenters. The minimum Gasteiger partial charge on any atom is -0.442 e. The first-order chi connectivity index (χ1) is 6.09. The molecule has 0 aliphatic heterocycles. The maximum Gasteiger partial charge on any atom is 0.298 e. The van der Waals surface area contributed by atoms with Crippen LogP contribution in [0.15, 0.2) is 33.9 Å². The SMILES string of the molecule is O=S(=O)(O)c1cccc2ncoc12. The summed E-state index contributed by atoms with van der Waals surface area (Å²) in [5, 5.41) is 0. The Morgan fingerprint density at radius 2 is 2.15 bits per heavy atom. The average molecular weight is 199 g/mol. The lowest BCUT2D eigenvalue weighted by atomic mass is 10.3. The van der Waals surface area contributed by atoms with Gasteiger partial charge in [0.25, 0.3) is 10.1 Å². The lowest BCUT2D eigenvalue weighted by Gasteiger charge is -1.95. The van der Waals surface area contributed by atoms with E-state index in [9.17, 15) is 8.42 Å². The number of para-hydroxylation sites is 1.